The molecule has 7 nitrogen and oxygen atoms in total. The molecule has 1 saturated heterocycles. The highest BCUT2D eigenvalue weighted by Crippen LogP contribution is 2.37. The van der Waals surface area contributed by atoms with Crippen LogP contribution in [0.1, 0.15) is 48.9 Å². The van der Waals surface area contributed by atoms with E-state index in [9.17, 15) is 14.4 Å². The van der Waals surface area contributed by atoms with Crippen LogP contribution in [0.3, 0.4) is 0 Å². The van der Waals surface area contributed by atoms with Crippen molar-refractivity contribution in [1.82, 2.24) is 0 Å². The van der Waals surface area contributed by atoms with Crippen LogP contribution in [0, 0.1) is 0 Å². The molecule has 0 radical (unpaired) electrons. The Balaban J connectivity index is 1.55. The van der Waals surface area contributed by atoms with E-state index in [0.29, 0.717) is 30.5 Å². The molecular weight excluding hydrogens is 360 g/mol. The second kappa shape index (κ2) is 8.65. The van der Waals surface area contributed by atoms with Gasteiger partial charge in [0.2, 0.25) is 5.91 Å². The summed E-state index contributed by atoms with van der Waals surface area (Å²) < 4.78 is 10.9. The highest BCUT2D eigenvalue weighted by molar-refractivity contribution is 6.15. The number of aliphatic imine (C=N–C) groups is 1. The molecule has 28 heavy (non-hydrogen) atoms. The van der Waals surface area contributed by atoms with Gasteiger partial charge < -0.3 is 15.2 Å². The largest absolute Gasteiger partial charge is 0.419 e. The lowest BCUT2D eigenvalue weighted by Crippen LogP contribution is -2.47. The Morgan fingerprint density at radius 2 is 1.86 bits per heavy atom. The predicted molar refractivity (Wildman–Crippen MR) is 103 cm³/mol. The van der Waals surface area contributed by atoms with Crippen molar-refractivity contribution in [3.8, 4) is 0 Å². The predicted octanol–water partition coefficient (Wildman–Crippen LogP) is 3.12. The second-order valence-corrected chi connectivity index (χ2v) is 6.72. The minimum atomic E-state index is -1.06. The zero-order valence-electron chi connectivity index (χ0n) is 15.4. The molecule has 2 N–H and O–H groups in total. The molecule has 0 atom stereocenters. The number of amides is 1. The molecular formula is C21H22N2O5. The highest BCUT2D eigenvalue weighted by Gasteiger charge is 2.46. The molecule has 0 unspecified atom stereocenters. The molecule has 0 aromatic heterocycles. The molecule has 2 aliphatic rings. The summed E-state index contributed by atoms with van der Waals surface area (Å²) in [6.45, 7) is 0. The van der Waals surface area contributed by atoms with E-state index in [1.807, 2.05) is 0 Å². The van der Waals surface area contributed by atoms with E-state index >= 15 is 0 Å². The van der Waals surface area contributed by atoms with Crippen LogP contribution in [0.5, 0.6) is 0 Å². The number of carbonyl (C=O) groups is 3. The third-order valence-corrected chi connectivity index (χ3v) is 4.65. The van der Waals surface area contributed by atoms with Crippen molar-refractivity contribution in [3.05, 3.63) is 53.6 Å². The summed E-state index contributed by atoms with van der Waals surface area (Å²) in [7, 11) is 0. The fourth-order valence-corrected chi connectivity index (χ4v) is 3.21. The van der Waals surface area contributed by atoms with Crippen molar-refractivity contribution in [2.45, 2.75) is 44.3 Å². The Bertz CT molecular complexity index is 841. The van der Waals surface area contributed by atoms with Gasteiger partial charge in [-0.25, -0.2) is 9.59 Å². The van der Waals surface area contributed by atoms with E-state index in [0.717, 1.165) is 19.3 Å². The summed E-state index contributed by atoms with van der Waals surface area (Å²) in [5.74, 6) is -2.82. The average Bonchev–Trinajstić information content (AvgIpc) is 2.67. The summed E-state index contributed by atoms with van der Waals surface area (Å²) in [5.41, 5.74) is 6.13. The molecule has 1 aliphatic carbocycles. The molecule has 1 amide bonds. The number of hydrogen-bond donors (Lipinski definition) is 1. The SMILES string of the molecule is NC(=O)c1cccc(N=CC=CCC=C2C(=O)OC3(CCCCC3)OC2=O)c1. The Hall–Kier alpha value is -3.22. The van der Waals surface area contributed by atoms with Crippen LogP contribution in [-0.4, -0.2) is 29.8 Å². The zero-order chi connectivity index (χ0) is 20.0. The number of nitrogens with two attached hydrogens (primary N) is 1. The molecule has 0 bridgehead atoms. The third kappa shape index (κ3) is 4.73. The Labute approximate surface area is 162 Å². The molecule has 1 saturated carbocycles. The van der Waals surface area contributed by atoms with Gasteiger partial charge in [0.05, 0.1) is 5.69 Å². The number of allylic oxidation sites excluding steroid dienone is 3. The number of benzene rings is 1. The maximum absolute atomic E-state index is 12.2. The quantitative estimate of drug-likeness (QED) is 0.364. The fraction of sp³-hybridized carbons (Fsp3) is 0.333. The minimum absolute atomic E-state index is 0.0769. The number of esters is 2. The van der Waals surface area contributed by atoms with Gasteiger partial charge in [0.25, 0.3) is 5.79 Å². The van der Waals surface area contributed by atoms with Crippen LogP contribution in [0.25, 0.3) is 0 Å². The fourth-order valence-electron chi connectivity index (χ4n) is 3.21. The van der Waals surface area contributed by atoms with Gasteiger partial charge in [-0.3, -0.25) is 9.79 Å². The van der Waals surface area contributed by atoms with E-state index in [1.165, 1.54) is 6.08 Å². The molecule has 1 aliphatic heterocycles. The Morgan fingerprint density at radius 3 is 2.54 bits per heavy atom. The summed E-state index contributed by atoms with van der Waals surface area (Å²) >= 11 is 0. The van der Waals surface area contributed by atoms with Gasteiger partial charge in [-0.05, 0) is 43.5 Å². The van der Waals surface area contributed by atoms with Crippen LogP contribution < -0.4 is 5.73 Å². The van der Waals surface area contributed by atoms with E-state index in [2.05, 4.69) is 4.99 Å². The summed E-state index contributed by atoms with van der Waals surface area (Å²) in [6, 6.07) is 6.64. The van der Waals surface area contributed by atoms with Crippen LogP contribution in [0.2, 0.25) is 0 Å². The molecule has 1 aromatic rings. The molecule has 1 heterocycles. The monoisotopic (exact) mass is 382 g/mol. The first-order chi connectivity index (χ1) is 13.5. The Morgan fingerprint density at radius 1 is 1.14 bits per heavy atom. The molecule has 146 valence electrons. The lowest BCUT2D eigenvalue weighted by molar-refractivity contribution is -0.244. The average molecular weight is 382 g/mol. The number of hydrogen-bond acceptors (Lipinski definition) is 6. The highest BCUT2D eigenvalue weighted by atomic mass is 16.7. The first-order valence-corrected chi connectivity index (χ1v) is 9.25. The first-order valence-electron chi connectivity index (χ1n) is 9.25. The lowest BCUT2D eigenvalue weighted by atomic mass is 9.93. The van der Waals surface area contributed by atoms with Gasteiger partial charge in [0, 0.05) is 24.6 Å². The number of primary amides is 1. The normalized spacial score (nSPS) is 19.1. The van der Waals surface area contributed by atoms with Gasteiger partial charge in [0.1, 0.15) is 5.57 Å². The van der Waals surface area contributed by atoms with E-state index in [-0.39, 0.29) is 5.57 Å². The zero-order valence-corrected chi connectivity index (χ0v) is 15.4. The van der Waals surface area contributed by atoms with Crippen LogP contribution in [0.4, 0.5) is 5.69 Å². The van der Waals surface area contributed by atoms with Crippen LogP contribution in [-0.2, 0) is 19.1 Å². The molecule has 3 rings (SSSR count). The maximum atomic E-state index is 12.2. The first kappa shape index (κ1) is 19.5. The van der Waals surface area contributed by atoms with E-state index in [4.69, 9.17) is 15.2 Å². The summed E-state index contributed by atoms with van der Waals surface area (Å²) in [4.78, 5) is 39.7. The number of carbonyl (C=O) groups excluding carboxylic acids is 3. The number of rotatable bonds is 5. The summed E-state index contributed by atoms with van der Waals surface area (Å²) in [6.07, 6.45) is 10.7. The molecule has 2 fully saturated rings. The van der Waals surface area contributed by atoms with Gasteiger partial charge in [0.15, 0.2) is 0 Å². The standard InChI is InChI=1S/C21H22N2O5/c22-18(24)15-8-7-9-16(14-15)23-13-6-1-3-10-17-19(25)27-21(28-20(17)26)11-4-2-5-12-21/h1,6-10,13-14H,2-5,11-12H2,(H2,22,24). The summed E-state index contributed by atoms with van der Waals surface area (Å²) in [5, 5.41) is 0. The maximum Gasteiger partial charge on any atom is 0.348 e. The number of ether oxygens (including phenoxy) is 2. The van der Waals surface area contributed by atoms with Gasteiger partial charge in [-0.2, -0.15) is 0 Å². The van der Waals surface area contributed by atoms with E-state index in [1.54, 1.807) is 42.6 Å². The molecule has 1 spiro atoms. The van der Waals surface area contributed by atoms with Gasteiger partial charge >= 0.3 is 11.9 Å². The van der Waals surface area contributed by atoms with Gasteiger partial charge in [-0.15, -0.1) is 0 Å². The molecule has 7 heteroatoms. The van der Waals surface area contributed by atoms with E-state index < -0.39 is 23.6 Å². The topological polar surface area (TPSA) is 108 Å². The third-order valence-electron chi connectivity index (χ3n) is 4.65. The molecule has 1 aromatic carbocycles. The minimum Gasteiger partial charge on any atom is -0.419 e. The van der Waals surface area contributed by atoms with Crippen LogP contribution >= 0.6 is 0 Å². The Kier molecular flexibility index (Phi) is 6.03. The smallest absolute Gasteiger partial charge is 0.348 e. The van der Waals surface area contributed by atoms with Crippen LogP contribution in [0.15, 0.2) is 53.1 Å². The van der Waals surface area contributed by atoms with Gasteiger partial charge in [-0.1, -0.05) is 24.6 Å². The second-order valence-electron chi connectivity index (χ2n) is 6.72. The van der Waals surface area contributed by atoms with Crippen molar-refractivity contribution in [2.75, 3.05) is 0 Å². The lowest BCUT2D eigenvalue weighted by Gasteiger charge is -2.38. The van der Waals surface area contributed by atoms with Crippen molar-refractivity contribution in [1.29, 1.82) is 0 Å². The van der Waals surface area contributed by atoms with Crippen molar-refractivity contribution < 1.29 is 23.9 Å². The number of nitrogens with zero attached hydrogens (tertiary/aromatic N) is 1. The van der Waals surface area contributed by atoms with Crippen molar-refractivity contribution >= 4 is 29.7 Å². The van der Waals surface area contributed by atoms with Crippen molar-refractivity contribution in [3.63, 3.8) is 0 Å². The van der Waals surface area contributed by atoms with Crippen molar-refractivity contribution in [2.24, 2.45) is 10.7 Å².